The van der Waals surface area contributed by atoms with Crippen LogP contribution < -0.4 is 0 Å². The summed E-state index contributed by atoms with van der Waals surface area (Å²) in [6, 6.07) is 0. The Bertz CT molecular complexity index is 640. The van der Waals surface area contributed by atoms with Gasteiger partial charge in [-0.05, 0) is 0 Å². The molecule has 0 radical (unpaired) electrons. The number of carbonyl (C=O) groups is 6. The van der Waals surface area contributed by atoms with Crippen molar-refractivity contribution in [2.45, 2.75) is 0 Å². The van der Waals surface area contributed by atoms with E-state index >= 15 is 0 Å². The third-order valence-corrected chi connectivity index (χ3v) is 4.35. The van der Waals surface area contributed by atoms with Gasteiger partial charge < -0.3 is 30.6 Å². The fraction of sp³-hybridized carbons (Fsp3) is 0.667. The third-order valence-electron chi connectivity index (χ3n) is 4.35. The van der Waals surface area contributed by atoms with E-state index in [0.717, 1.165) is 9.80 Å². The van der Waals surface area contributed by atoms with Crippen LogP contribution in [0.4, 0.5) is 0 Å². The summed E-state index contributed by atoms with van der Waals surface area (Å²) in [7, 11) is 0. The molecular weight excluding hydrogens is 470 g/mol. The van der Waals surface area contributed by atoms with E-state index in [1.165, 1.54) is 9.80 Å². The molecule has 0 spiro atoms. The molecule has 0 rings (SSSR count). The highest BCUT2D eigenvalue weighted by Gasteiger charge is 2.20. The Kier molecular flexibility index (Phi) is 14.7. The molecule has 0 amide bonds. The van der Waals surface area contributed by atoms with Gasteiger partial charge in [-0.3, -0.25) is 48.4 Å². The van der Waals surface area contributed by atoms with Gasteiger partial charge in [0.1, 0.15) is 0 Å². The molecular formula is C18H30N4O12. The lowest BCUT2D eigenvalue weighted by molar-refractivity contribution is -0.144. The van der Waals surface area contributed by atoms with Crippen LogP contribution in [0, 0.1) is 0 Å². The van der Waals surface area contributed by atoms with Crippen molar-refractivity contribution >= 4 is 35.8 Å². The van der Waals surface area contributed by atoms with E-state index in [-0.39, 0.29) is 39.3 Å². The number of carboxylic acid groups (broad SMARTS) is 6. The van der Waals surface area contributed by atoms with Gasteiger partial charge in [0.05, 0.1) is 39.3 Å². The van der Waals surface area contributed by atoms with Crippen LogP contribution >= 0.6 is 0 Å². The summed E-state index contributed by atoms with van der Waals surface area (Å²) in [5.41, 5.74) is 0. The first kappa shape index (κ1) is 30.7. The molecule has 0 aromatic heterocycles. The number of aliphatic carboxylic acids is 6. The predicted molar refractivity (Wildman–Crippen MR) is 112 cm³/mol. The molecule has 0 aliphatic carbocycles. The predicted octanol–water partition coefficient (Wildman–Crippen LogP) is -3.30. The highest BCUT2D eigenvalue weighted by atomic mass is 16.4. The van der Waals surface area contributed by atoms with Crippen molar-refractivity contribution in [1.29, 1.82) is 0 Å². The van der Waals surface area contributed by atoms with Crippen LogP contribution in [0.3, 0.4) is 0 Å². The smallest absolute Gasteiger partial charge is 0.317 e. The van der Waals surface area contributed by atoms with E-state index in [1.54, 1.807) is 0 Å². The first-order chi connectivity index (χ1) is 15.8. The van der Waals surface area contributed by atoms with Crippen molar-refractivity contribution in [3.63, 3.8) is 0 Å². The second-order valence-corrected chi connectivity index (χ2v) is 7.34. The van der Waals surface area contributed by atoms with E-state index in [9.17, 15) is 28.8 Å². The van der Waals surface area contributed by atoms with Crippen LogP contribution in [0.15, 0.2) is 0 Å². The first-order valence-corrected chi connectivity index (χ1v) is 9.98. The molecule has 16 nitrogen and oxygen atoms in total. The van der Waals surface area contributed by atoms with Gasteiger partial charge in [0.25, 0.3) is 0 Å². The lowest BCUT2D eigenvalue weighted by atomic mass is 10.4. The Morgan fingerprint density at radius 1 is 0.324 bits per heavy atom. The van der Waals surface area contributed by atoms with Gasteiger partial charge in [-0.2, -0.15) is 0 Å². The van der Waals surface area contributed by atoms with E-state index in [0.29, 0.717) is 0 Å². The molecule has 0 saturated carbocycles. The summed E-state index contributed by atoms with van der Waals surface area (Å²) < 4.78 is 0. The minimum absolute atomic E-state index is 0.0159. The molecule has 0 atom stereocenters. The fourth-order valence-electron chi connectivity index (χ4n) is 2.96. The van der Waals surface area contributed by atoms with Crippen LogP contribution in [0.1, 0.15) is 0 Å². The van der Waals surface area contributed by atoms with Crippen LogP contribution in [-0.2, 0) is 28.8 Å². The maximum atomic E-state index is 11.2. The lowest BCUT2D eigenvalue weighted by Gasteiger charge is -2.29. The van der Waals surface area contributed by atoms with Gasteiger partial charge in [0.15, 0.2) is 0 Å². The van der Waals surface area contributed by atoms with Gasteiger partial charge in [0.2, 0.25) is 0 Å². The second kappa shape index (κ2) is 16.3. The number of rotatable bonds is 21. The molecule has 0 aliphatic heterocycles. The molecule has 0 aromatic rings. The molecule has 0 aliphatic rings. The lowest BCUT2D eigenvalue weighted by Crippen LogP contribution is -2.46. The quantitative estimate of drug-likeness (QED) is 0.0846. The molecule has 34 heavy (non-hydrogen) atoms. The minimum atomic E-state index is -1.26. The zero-order valence-corrected chi connectivity index (χ0v) is 18.4. The molecule has 0 saturated heterocycles. The average Bonchev–Trinajstić information content (AvgIpc) is 2.64. The van der Waals surface area contributed by atoms with Crippen LogP contribution in [-0.4, -0.2) is 165 Å². The number of nitrogens with zero attached hydrogens (tertiary/aromatic N) is 4. The highest BCUT2D eigenvalue weighted by molar-refractivity contribution is 5.73. The number of hydrogen-bond acceptors (Lipinski definition) is 10. The van der Waals surface area contributed by atoms with Gasteiger partial charge in [-0.1, -0.05) is 0 Å². The standard InChI is InChI=1S/C18H30N4O12/c23-13(24)7-19(3-5-21(9-15(27)28)10-16(29)30)1-2-20(8-14(25)26)4-6-22(11-17(31)32)12-18(33)34/h1-12H2,(H,23,24)(H,25,26)(H,27,28)(H,29,30)(H,31,32)(H,33,34)/i7+1,8+1,9+1,10+1,11+1,12+1. The van der Waals surface area contributed by atoms with Crippen molar-refractivity contribution in [3.05, 3.63) is 0 Å². The minimum Gasteiger partial charge on any atom is -0.480 e. The van der Waals surface area contributed by atoms with E-state index in [1.807, 2.05) is 0 Å². The van der Waals surface area contributed by atoms with E-state index in [2.05, 4.69) is 0 Å². The van der Waals surface area contributed by atoms with Gasteiger partial charge >= 0.3 is 35.8 Å². The van der Waals surface area contributed by atoms with Crippen molar-refractivity contribution in [2.75, 3.05) is 78.5 Å². The molecule has 16 heteroatoms. The van der Waals surface area contributed by atoms with E-state index in [4.69, 9.17) is 30.6 Å². The van der Waals surface area contributed by atoms with Crippen molar-refractivity contribution in [2.24, 2.45) is 0 Å². The molecule has 0 heterocycles. The molecule has 194 valence electrons. The van der Waals surface area contributed by atoms with Crippen LogP contribution in [0.5, 0.6) is 0 Å². The Morgan fingerprint density at radius 3 is 0.647 bits per heavy atom. The first-order valence-electron chi connectivity index (χ1n) is 9.98. The summed E-state index contributed by atoms with van der Waals surface area (Å²) in [4.78, 5) is 71.0. The molecule has 6 N–H and O–H groups in total. The molecule has 0 bridgehead atoms. The highest BCUT2D eigenvalue weighted by Crippen LogP contribution is 1.99. The maximum absolute atomic E-state index is 11.2. The van der Waals surface area contributed by atoms with Crippen LogP contribution in [0.25, 0.3) is 0 Å². The van der Waals surface area contributed by atoms with Crippen molar-refractivity contribution in [1.82, 2.24) is 19.6 Å². The van der Waals surface area contributed by atoms with Gasteiger partial charge in [-0.25, -0.2) is 0 Å². The Labute approximate surface area is 194 Å². The summed E-state index contributed by atoms with van der Waals surface area (Å²) >= 11 is 0. The second-order valence-electron chi connectivity index (χ2n) is 7.34. The monoisotopic (exact) mass is 500 g/mol. The topological polar surface area (TPSA) is 237 Å². The third kappa shape index (κ3) is 17.2. The Morgan fingerprint density at radius 2 is 0.471 bits per heavy atom. The normalized spacial score (nSPS) is 11.3. The van der Waals surface area contributed by atoms with Gasteiger partial charge in [-0.15, -0.1) is 0 Å². The molecule has 0 unspecified atom stereocenters. The zero-order valence-electron chi connectivity index (χ0n) is 18.4. The summed E-state index contributed by atoms with van der Waals surface area (Å²) in [6.07, 6.45) is 0. The Balaban J connectivity index is 5.13. The summed E-state index contributed by atoms with van der Waals surface area (Å²) in [5.74, 6) is -7.45. The number of hydrogen-bond donors (Lipinski definition) is 6. The number of carboxylic acids is 6. The van der Waals surface area contributed by atoms with E-state index < -0.39 is 75.1 Å². The summed E-state index contributed by atoms with van der Waals surface area (Å²) in [5, 5.41) is 53.8. The zero-order chi connectivity index (χ0) is 26.3. The largest absolute Gasteiger partial charge is 0.480 e. The Hall–Kier alpha value is -3.34. The average molecular weight is 500 g/mol. The van der Waals surface area contributed by atoms with Gasteiger partial charge in [0, 0.05) is 39.3 Å². The van der Waals surface area contributed by atoms with Crippen molar-refractivity contribution < 1.29 is 59.4 Å². The van der Waals surface area contributed by atoms with Crippen molar-refractivity contribution in [3.8, 4) is 0 Å². The SMILES string of the molecule is O=C(O)[13CH2]N(CCN(CCN([13CH2]C(=O)O)[13CH2]C(=O)O)[13CH2]C(=O)O)CCN([13CH2]C(=O)O)[13CH2]C(=O)O. The maximum Gasteiger partial charge on any atom is 0.317 e. The van der Waals surface area contributed by atoms with Crippen LogP contribution in [0.2, 0.25) is 0 Å². The fourth-order valence-corrected chi connectivity index (χ4v) is 2.96. The molecule has 0 aromatic carbocycles. The summed E-state index contributed by atoms with van der Waals surface area (Å²) in [6.45, 7) is -3.36. The molecule has 0 fully saturated rings.